The molecule has 0 spiro atoms. The van der Waals surface area contributed by atoms with Crippen LogP contribution in [0.15, 0.2) is 54.6 Å². The first-order valence-electron chi connectivity index (χ1n) is 11.4. The maximum absolute atomic E-state index is 13.6. The van der Waals surface area contributed by atoms with Gasteiger partial charge in [0.15, 0.2) is 16.6 Å². The van der Waals surface area contributed by atoms with E-state index in [4.69, 9.17) is 14.5 Å². The molecule has 1 aliphatic heterocycles. The Balaban J connectivity index is 0.00000274. The normalized spacial score (nSPS) is 12.3. The second-order valence-electron chi connectivity index (χ2n) is 8.06. The van der Waals surface area contributed by atoms with Crippen molar-refractivity contribution in [3.63, 3.8) is 0 Å². The highest BCUT2D eigenvalue weighted by Crippen LogP contribution is 2.40. The highest BCUT2D eigenvalue weighted by Gasteiger charge is 2.23. The highest BCUT2D eigenvalue weighted by atomic mass is 35.5. The number of hydrogen-bond acceptors (Lipinski definition) is 6. The van der Waals surface area contributed by atoms with Crippen molar-refractivity contribution in [2.45, 2.75) is 20.3 Å². The van der Waals surface area contributed by atoms with Gasteiger partial charge < -0.3 is 14.4 Å². The van der Waals surface area contributed by atoms with E-state index in [2.05, 4.69) is 36.9 Å². The van der Waals surface area contributed by atoms with Crippen LogP contribution in [0, 0.1) is 0 Å². The summed E-state index contributed by atoms with van der Waals surface area (Å²) < 4.78 is 12.0. The molecule has 6 nitrogen and oxygen atoms in total. The number of benzene rings is 3. The quantitative estimate of drug-likeness (QED) is 0.321. The predicted molar refractivity (Wildman–Crippen MR) is 141 cm³/mol. The lowest BCUT2D eigenvalue weighted by atomic mass is 10.0. The van der Waals surface area contributed by atoms with Gasteiger partial charge in [-0.25, -0.2) is 4.98 Å². The van der Waals surface area contributed by atoms with Crippen LogP contribution in [0.5, 0.6) is 11.5 Å². The van der Waals surface area contributed by atoms with Crippen LogP contribution in [-0.2, 0) is 11.2 Å². The van der Waals surface area contributed by atoms with E-state index < -0.39 is 0 Å². The summed E-state index contributed by atoms with van der Waals surface area (Å²) in [5.41, 5.74) is 1.86. The number of nitrogens with zero attached hydrogens (tertiary/aromatic N) is 3. The van der Waals surface area contributed by atoms with Crippen LogP contribution in [-0.4, -0.2) is 48.8 Å². The lowest BCUT2D eigenvalue weighted by Crippen LogP contribution is -2.39. The minimum atomic E-state index is 0. The smallest absolute Gasteiger partial charge is 0.233 e. The second-order valence-corrected chi connectivity index (χ2v) is 9.07. The Morgan fingerprint density at radius 2 is 1.74 bits per heavy atom. The third-order valence-electron chi connectivity index (χ3n) is 6.16. The number of rotatable bonds is 8. The molecule has 0 unspecified atom stereocenters. The zero-order valence-corrected chi connectivity index (χ0v) is 21.0. The Morgan fingerprint density at radius 1 is 1.00 bits per heavy atom. The molecule has 3 aromatic carbocycles. The van der Waals surface area contributed by atoms with Crippen LogP contribution in [0.2, 0.25) is 0 Å². The largest absolute Gasteiger partial charge is 0.454 e. The summed E-state index contributed by atoms with van der Waals surface area (Å²) in [7, 11) is 0. The number of amides is 1. The van der Waals surface area contributed by atoms with Gasteiger partial charge in [-0.2, -0.15) is 0 Å². The van der Waals surface area contributed by atoms with E-state index in [1.807, 2.05) is 41.3 Å². The minimum absolute atomic E-state index is 0. The van der Waals surface area contributed by atoms with Crippen LogP contribution >= 0.6 is 23.7 Å². The van der Waals surface area contributed by atoms with Crippen molar-refractivity contribution >= 4 is 55.8 Å². The zero-order chi connectivity index (χ0) is 22.8. The molecule has 0 atom stereocenters. The number of aromatic nitrogens is 1. The molecule has 1 aliphatic rings. The van der Waals surface area contributed by atoms with E-state index in [1.54, 1.807) is 0 Å². The van der Waals surface area contributed by atoms with Gasteiger partial charge in [0.2, 0.25) is 12.7 Å². The summed E-state index contributed by atoms with van der Waals surface area (Å²) in [6, 6.07) is 18.2. The van der Waals surface area contributed by atoms with Crippen LogP contribution < -0.4 is 14.4 Å². The number of carbonyl (C=O) groups excluding carboxylic acids is 1. The maximum atomic E-state index is 13.6. The first kappa shape index (κ1) is 24.3. The van der Waals surface area contributed by atoms with Gasteiger partial charge in [0.25, 0.3) is 0 Å². The molecule has 0 radical (unpaired) electrons. The van der Waals surface area contributed by atoms with Gasteiger partial charge in [0, 0.05) is 25.2 Å². The lowest BCUT2D eigenvalue weighted by Gasteiger charge is -2.25. The van der Waals surface area contributed by atoms with E-state index in [1.165, 1.54) is 11.3 Å². The van der Waals surface area contributed by atoms with Gasteiger partial charge in [-0.05, 0) is 29.4 Å². The molecule has 0 N–H and O–H groups in total. The molecular weight excluding hydrogens is 470 g/mol. The molecule has 2 heterocycles. The number of hydrogen-bond donors (Lipinski definition) is 0. The molecule has 1 amide bonds. The molecule has 0 fully saturated rings. The lowest BCUT2D eigenvalue weighted by molar-refractivity contribution is -0.118. The monoisotopic (exact) mass is 497 g/mol. The van der Waals surface area contributed by atoms with E-state index in [9.17, 15) is 4.79 Å². The van der Waals surface area contributed by atoms with E-state index >= 15 is 0 Å². The number of fused-ring (bicyclic) bond motifs is 3. The Kier molecular flexibility index (Phi) is 7.56. The molecule has 0 saturated carbocycles. The van der Waals surface area contributed by atoms with Gasteiger partial charge in [-0.15, -0.1) is 12.4 Å². The Bertz CT molecular complexity index is 1260. The standard InChI is InChI=1S/C26H27N3O3S.ClH/c1-3-28(4-2)12-13-29(25(30)14-19-10-7-9-18-8-5-6-11-20(18)19)26-27-21-15-22-23(32-17-31-22)16-24(21)33-26;/h5-11,15-16H,3-4,12-14,17H2,1-2H3;1H. The third-order valence-corrected chi connectivity index (χ3v) is 7.20. The van der Waals surface area contributed by atoms with E-state index in [0.717, 1.165) is 51.9 Å². The van der Waals surface area contributed by atoms with Crippen molar-refractivity contribution < 1.29 is 14.3 Å². The summed E-state index contributed by atoms with van der Waals surface area (Å²) >= 11 is 1.52. The van der Waals surface area contributed by atoms with Gasteiger partial charge in [0.05, 0.1) is 16.6 Å². The van der Waals surface area contributed by atoms with E-state index in [0.29, 0.717) is 23.8 Å². The summed E-state index contributed by atoms with van der Waals surface area (Å²) in [5.74, 6) is 1.49. The fourth-order valence-electron chi connectivity index (χ4n) is 4.23. The Morgan fingerprint density at radius 3 is 2.53 bits per heavy atom. The summed E-state index contributed by atoms with van der Waals surface area (Å²) in [6.45, 7) is 7.81. The molecule has 0 saturated heterocycles. The minimum Gasteiger partial charge on any atom is -0.454 e. The van der Waals surface area contributed by atoms with Gasteiger partial charge >= 0.3 is 0 Å². The summed E-state index contributed by atoms with van der Waals surface area (Å²) in [6.07, 6.45) is 0.332. The number of halogens is 1. The molecule has 5 rings (SSSR count). The van der Waals surface area contributed by atoms with Crippen molar-refractivity contribution in [3.8, 4) is 11.5 Å². The van der Waals surface area contributed by atoms with Gasteiger partial charge in [-0.3, -0.25) is 9.69 Å². The number of ether oxygens (including phenoxy) is 2. The molecule has 1 aromatic heterocycles. The van der Waals surface area contributed by atoms with Crippen LogP contribution in [0.1, 0.15) is 19.4 Å². The van der Waals surface area contributed by atoms with Gasteiger partial charge in [-0.1, -0.05) is 67.6 Å². The summed E-state index contributed by atoms with van der Waals surface area (Å²) in [5, 5.41) is 2.98. The van der Waals surface area contributed by atoms with E-state index in [-0.39, 0.29) is 25.1 Å². The Hall–Kier alpha value is -2.87. The molecule has 0 bridgehead atoms. The van der Waals surface area contributed by atoms with Crippen molar-refractivity contribution in [2.75, 3.05) is 37.9 Å². The van der Waals surface area contributed by atoms with Crippen molar-refractivity contribution in [3.05, 3.63) is 60.2 Å². The first-order valence-corrected chi connectivity index (χ1v) is 12.2. The second kappa shape index (κ2) is 10.6. The molecule has 0 aliphatic carbocycles. The third kappa shape index (κ3) is 4.82. The predicted octanol–water partition coefficient (Wildman–Crippen LogP) is 5.52. The fourth-order valence-corrected chi connectivity index (χ4v) is 5.25. The summed E-state index contributed by atoms with van der Waals surface area (Å²) in [4.78, 5) is 22.6. The first-order chi connectivity index (χ1) is 16.2. The van der Waals surface area contributed by atoms with Crippen LogP contribution in [0.3, 0.4) is 0 Å². The van der Waals surface area contributed by atoms with Crippen molar-refractivity contribution in [1.29, 1.82) is 0 Å². The molecule has 8 heteroatoms. The van der Waals surface area contributed by atoms with Crippen LogP contribution in [0.4, 0.5) is 5.13 Å². The SMILES string of the molecule is CCN(CC)CCN(C(=O)Cc1cccc2ccccc12)c1nc2cc3c(cc2s1)OCO3.Cl. The number of anilines is 1. The number of carbonyl (C=O) groups is 1. The average molecular weight is 498 g/mol. The molecular formula is C26H28ClN3O3S. The van der Waals surface area contributed by atoms with Gasteiger partial charge in [0.1, 0.15) is 0 Å². The highest BCUT2D eigenvalue weighted by molar-refractivity contribution is 7.22. The van der Waals surface area contributed by atoms with Crippen LogP contribution in [0.25, 0.3) is 21.0 Å². The average Bonchev–Trinajstić information content (AvgIpc) is 3.46. The maximum Gasteiger partial charge on any atom is 0.233 e. The molecule has 34 heavy (non-hydrogen) atoms. The molecule has 178 valence electrons. The Labute approximate surface area is 209 Å². The number of thiazole rings is 1. The molecule has 4 aromatic rings. The van der Waals surface area contributed by atoms with Crippen molar-refractivity contribution in [1.82, 2.24) is 9.88 Å². The number of likely N-dealkylation sites (N-methyl/N-ethyl adjacent to an activating group) is 1. The fraction of sp³-hybridized carbons (Fsp3) is 0.308. The van der Waals surface area contributed by atoms with Crippen molar-refractivity contribution in [2.24, 2.45) is 0 Å². The zero-order valence-electron chi connectivity index (χ0n) is 19.3. The topological polar surface area (TPSA) is 54.9 Å².